The first kappa shape index (κ1) is 9.77. The smallest absolute Gasteiger partial charge is 0.177 e. The van der Waals surface area contributed by atoms with Crippen LogP contribution in [0, 0.1) is 0 Å². The normalized spacial score (nSPS) is 10.8. The molecule has 0 unspecified atom stereocenters. The molecule has 17 heavy (non-hydrogen) atoms. The Balaban J connectivity index is 1.97. The minimum atomic E-state index is 0.693. The van der Waals surface area contributed by atoms with Crippen molar-refractivity contribution in [3.8, 4) is 0 Å². The van der Waals surface area contributed by atoms with Crippen molar-refractivity contribution in [3.63, 3.8) is 0 Å². The van der Waals surface area contributed by atoms with Gasteiger partial charge in [0.25, 0.3) is 0 Å². The Hall–Kier alpha value is -2.43. The molecule has 0 radical (unpaired) electrons. The van der Waals surface area contributed by atoms with Crippen molar-refractivity contribution in [2.45, 2.75) is 6.42 Å². The molecule has 0 atom stereocenters. The van der Waals surface area contributed by atoms with Crippen LogP contribution in [0.15, 0.2) is 42.6 Å². The second kappa shape index (κ2) is 3.86. The maximum atomic E-state index is 5.65. The fraction of sp³-hybridized carbons (Fsp3) is 0.0833. The standard InChI is InChI=1S/C12H11N5/c13-10-5-3-9(4-6-10)8-12-16-15-11-2-1-7-14-17(11)12/h1-7H,8,13H2. The van der Waals surface area contributed by atoms with Crippen molar-refractivity contribution in [1.29, 1.82) is 0 Å². The minimum Gasteiger partial charge on any atom is -0.399 e. The quantitative estimate of drug-likeness (QED) is 0.667. The molecule has 2 aromatic heterocycles. The highest BCUT2D eigenvalue weighted by atomic mass is 15.4. The third-order valence-corrected chi connectivity index (χ3v) is 2.58. The van der Waals surface area contributed by atoms with Crippen LogP contribution in [0.5, 0.6) is 0 Å². The van der Waals surface area contributed by atoms with E-state index in [1.807, 2.05) is 36.4 Å². The Morgan fingerprint density at radius 2 is 1.88 bits per heavy atom. The molecule has 5 nitrogen and oxygen atoms in total. The Bertz CT molecular complexity index is 641. The van der Waals surface area contributed by atoms with E-state index >= 15 is 0 Å². The van der Waals surface area contributed by atoms with Gasteiger partial charge in [0.15, 0.2) is 11.5 Å². The lowest BCUT2D eigenvalue weighted by molar-refractivity contribution is 0.838. The van der Waals surface area contributed by atoms with Gasteiger partial charge in [0, 0.05) is 18.3 Å². The predicted octanol–water partition coefficient (Wildman–Crippen LogP) is 1.30. The van der Waals surface area contributed by atoms with Gasteiger partial charge in [0.2, 0.25) is 0 Å². The number of hydrogen-bond donors (Lipinski definition) is 1. The molecule has 0 saturated carbocycles. The number of rotatable bonds is 2. The summed E-state index contributed by atoms with van der Waals surface area (Å²) in [5.74, 6) is 0.824. The molecule has 0 bridgehead atoms. The zero-order valence-electron chi connectivity index (χ0n) is 9.11. The molecule has 2 heterocycles. The lowest BCUT2D eigenvalue weighted by Crippen LogP contribution is -1.99. The van der Waals surface area contributed by atoms with Crippen LogP contribution in [0.1, 0.15) is 11.4 Å². The summed E-state index contributed by atoms with van der Waals surface area (Å²) >= 11 is 0. The second-order valence-electron chi connectivity index (χ2n) is 3.83. The summed E-state index contributed by atoms with van der Waals surface area (Å²) in [6.07, 6.45) is 2.42. The Morgan fingerprint density at radius 1 is 1.06 bits per heavy atom. The van der Waals surface area contributed by atoms with Crippen LogP contribution >= 0.6 is 0 Å². The van der Waals surface area contributed by atoms with Crippen molar-refractivity contribution in [1.82, 2.24) is 19.8 Å². The highest BCUT2D eigenvalue weighted by molar-refractivity contribution is 5.40. The summed E-state index contributed by atoms with van der Waals surface area (Å²) in [7, 11) is 0. The van der Waals surface area contributed by atoms with Gasteiger partial charge in [-0.15, -0.1) is 10.2 Å². The molecular formula is C12H11N5. The zero-order valence-corrected chi connectivity index (χ0v) is 9.11. The molecule has 0 amide bonds. The van der Waals surface area contributed by atoms with Crippen molar-refractivity contribution in [2.75, 3.05) is 5.73 Å². The van der Waals surface area contributed by atoms with Crippen LogP contribution in [0.25, 0.3) is 5.65 Å². The lowest BCUT2D eigenvalue weighted by Gasteiger charge is -2.00. The summed E-state index contributed by atoms with van der Waals surface area (Å²) in [5.41, 5.74) is 8.31. The van der Waals surface area contributed by atoms with E-state index in [0.717, 1.165) is 22.7 Å². The molecule has 0 aliphatic heterocycles. The number of hydrogen-bond acceptors (Lipinski definition) is 4. The van der Waals surface area contributed by atoms with Gasteiger partial charge in [-0.2, -0.15) is 9.61 Å². The number of aromatic nitrogens is 4. The average Bonchev–Trinajstić information content (AvgIpc) is 2.76. The van der Waals surface area contributed by atoms with Crippen molar-refractivity contribution in [2.24, 2.45) is 0 Å². The molecule has 1 aromatic carbocycles. The highest BCUT2D eigenvalue weighted by Crippen LogP contribution is 2.10. The van der Waals surface area contributed by atoms with E-state index < -0.39 is 0 Å². The van der Waals surface area contributed by atoms with Gasteiger partial charge in [0.1, 0.15) is 0 Å². The molecule has 0 fully saturated rings. The molecule has 84 valence electrons. The van der Waals surface area contributed by atoms with Crippen LogP contribution < -0.4 is 5.73 Å². The van der Waals surface area contributed by atoms with E-state index in [1.54, 1.807) is 10.7 Å². The molecule has 3 rings (SSSR count). The molecule has 2 N–H and O–H groups in total. The van der Waals surface area contributed by atoms with E-state index in [1.165, 1.54) is 0 Å². The predicted molar refractivity (Wildman–Crippen MR) is 64.4 cm³/mol. The molecule has 3 aromatic rings. The number of fused-ring (bicyclic) bond motifs is 1. The minimum absolute atomic E-state index is 0.693. The van der Waals surface area contributed by atoms with Gasteiger partial charge in [0.05, 0.1) is 0 Å². The molecule has 0 aliphatic rings. The van der Waals surface area contributed by atoms with Crippen LogP contribution in [0.4, 0.5) is 5.69 Å². The van der Waals surface area contributed by atoms with E-state index in [0.29, 0.717) is 6.42 Å². The van der Waals surface area contributed by atoms with Gasteiger partial charge in [-0.05, 0) is 29.8 Å². The molecule has 0 saturated heterocycles. The number of benzene rings is 1. The fourth-order valence-corrected chi connectivity index (χ4v) is 1.72. The van der Waals surface area contributed by atoms with E-state index in [-0.39, 0.29) is 0 Å². The lowest BCUT2D eigenvalue weighted by atomic mass is 10.1. The average molecular weight is 225 g/mol. The second-order valence-corrected chi connectivity index (χ2v) is 3.83. The zero-order chi connectivity index (χ0) is 11.7. The number of nitrogens with two attached hydrogens (primary N) is 1. The largest absolute Gasteiger partial charge is 0.399 e. The Kier molecular flexibility index (Phi) is 2.22. The third-order valence-electron chi connectivity index (χ3n) is 2.58. The van der Waals surface area contributed by atoms with Crippen molar-refractivity contribution in [3.05, 3.63) is 54.0 Å². The van der Waals surface area contributed by atoms with Gasteiger partial charge >= 0.3 is 0 Å². The summed E-state index contributed by atoms with van der Waals surface area (Å²) < 4.78 is 1.75. The number of nitrogen functional groups attached to an aromatic ring is 1. The number of anilines is 1. The SMILES string of the molecule is Nc1ccc(Cc2nnc3cccnn23)cc1. The molecule has 5 heteroatoms. The van der Waals surface area contributed by atoms with Crippen LogP contribution in [0.2, 0.25) is 0 Å². The van der Waals surface area contributed by atoms with Crippen LogP contribution in [-0.4, -0.2) is 19.8 Å². The van der Waals surface area contributed by atoms with Gasteiger partial charge in [-0.3, -0.25) is 0 Å². The first-order valence-electron chi connectivity index (χ1n) is 5.33. The van der Waals surface area contributed by atoms with Gasteiger partial charge in [-0.25, -0.2) is 0 Å². The van der Waals surface area contributed by atoms with Crippen molar-refractivity contribution < 1.29 is 0 Å². The van der Waals surface area contributed by atoms with Crippen LogP contribution in [-0.2, 0) is 6.42 Å². The maximum absolute atomic E-state index is 5.65. The van der Waals surface area contributed by atoms with E-state index in [4.69, 9.17) is 5.73 Å². The Labute approximate surface area is 97.9 Å². The summed E-state index contributed by atoms with van der Waals surface area (Å²) in [6, 6.07) is 11.5. The van der Waals surface area contributed by atoms with Crippen LogP contribution in [0.3, 0.4) is 0 Å². The topological polar surface area (TPSA) is 69.1 Å². The van der Waals surface area contributed by atoms with E-state index in [2.05, 4.69) is 15.3 Å². The molecular weight excluding hydrogens is 214 g/mol. The highest BCUT2D eigenvalue weighted by Gasteiger charge is 2.06. The first-order valence-corrected chi connectivity index (χ1v) is 5.33. The van der Waals surface area contributed by atoms with Gasteiger partial charge in [-0.1, -0.05) is 12.1 Å². The van der Waals surface area contributed by atoms with Crippen molar-refractivity contribution >= 4 is 11.3 Å². The third kappa shape index (κ3) is 1.82. The van der Waals surface area contributed by atoms with Gasteiger partial charge < -0.3 is 5.73 Å². The summed E-state index contributed by atoms with van der Waals surface area (Å²) in [6.45, 7) is 0. The monoisotopic (exact) mass is 225 g/mol. The number of nitrogens with zero attached hydrogens (tertiary/aromatic N) is 4. The first-order chi connectivity index (χ1) is 8.33. The summed E-state index contributed by atoms with van der Waals surface area (Å²) in [5, 5.41) is 12.4. The van der Waals surface area contributed by atoms with E-state index in [9.17, 15) is 0 Å². The molecule has 0 spiro atoms. The summed E-state index contributed by atoms with van der Waals surface area (Å²) in [4.78, 5) is 0. The Morgan fingerprint density at radius 3 is 2.71 bits per heavy atom. The maximum Gasteiger partial charge on any atom is 0.177 e. The fourth-order valence-electron chi connectivity index (χ4n) is 1.72. The molecule has 0 aliphatic carbocycles.